The zero-order valence-electron chi connectivity index (χ0n) is 12.8. The van der Waals surface area contributed by atoms with Gasteiger partial charge in [0.1, 0.15) is 0 Å². The van der Waals surface area contributed by atoms with Gasteiger partial charge in [-0.15, -0.1) is 0 Å². The van der Waals surface area contributed by atoms with Crippen LogP contribution >= 0.6 is 24.4 Å². The molecule has 11 heteroatoms. The molecular weight excluding hydrogens is 380 g/mol. The van der Waals surface area contributed by atoms with E-state index < -0.39 is 9.84 Å². The van der Waals surface area contributed by atoms with Crippen molar-refractivity contribution in [2.75, 3.05) is 10.6 Å². The van der Waals surface area contributed by atoms with Crippen molar-refractivity contribution in [3.05, 3.63) is 48.5 Å². The van der Waals surface area contributed by atoms with Gasteiger partial charge in [-0.05, 0) is 73.0 Å². The number of nitrogens with one attached hydrogen (secondary N) is 4. The number of sulfone groups is 1. The van der Waals surface area contributed by atoms with Gasteiger partial charge in [0, 0.05) is 11.4 Å². The Labute approximate surface area is 155 Å². The zero-order valence-corrected chi connectivity index (χ0v) is 15.3. The van der Waals surface area contributed by atoms with Gasteiger partial charge in [-0.2, -0.15) is 0 Å². The molecule has 2 rings (SSSR count). The minimum absolute atomic E-state index is 0.157. The molecule has 0 aliphatic carbocycles. The van der Waals surface area contributed by atoms with Crippen molar-refractivity contribution in [3.63, 3.8) is 0 Å². The maximum Gasteiger partial charge on any atom is 0.206 e. The van der Waals surface area contributed by atoms with E-state index in [1.807, 2.05) is 0 Å². The van der Waals surface area contributed by atoms with Gasteiger partial charge in [-0.25, -0.2) is 20.1 Å². The standard InChI is InChI=1S/C14H16N6O2S3/c15-19-13(23)17-9-1-5-11(6-2-9)25(21,22)12-7-3-10(4-8-12)18-14(24)20-16/h1-8H,15-16H2,(H2,17,19,23)(H2,18,20,24). The number of nitrogens with two attached hydrogens (primary N) is 2. The van der Waals surface area contributed by atoms with Crippen LogP contribution in [0.25, 0.3) is 0 Å². The van der Waals surface area contributed by atoms with Crippen LogP contribution in [0.5, 0.6) is 0 Å². The first-order valence-electron chi connectivity index (χ1n) is 6.87. The Kier molecular flexibility index (Phi) is 6.22. The first kappa shape index (κ1) is 19.0. The second-order valence-corrected chi connectivity index (χ2v) is 7.52. The van der Waals surface area contributed by atoms with Crippen molar-refractivity contribution in [3.8, 4) is 0 Å². The molecule has 0 amide bonds. The maximum atomic E-state index is 12.7. The summed E-state index contributed by atoms with van der Waals surface area (Å²) in [4.78, 5) is 0.314. The Morgan fingerprint density at radius 2 is 1.04 bits per heavy atom. The van der Waals surface area contributed by atoms with E-state index in [1.54, 1.807) is 24.3 Å². The van der Waals surface area contributed by atoms with Crippen molar-refractivity contribution >= 4 is 55.9 Å². The molecule has 8 N–H and O–H groups in total. The van der Waals surface area contributed by atoms with Crippen LogP contribution in [-0.4, -0.2) is 18.6 Å². The molecule has 0 aliphatic rings. The van der Waals surface area contributed by atoms with Crippen LogP contribution in [-0.2, 0) is 9.84 Å². The molecule has 132 valence electrons. The third-order valence-electron chi connectivity index (χ3n) is 3.11. The normalized spacial score (nSPS) is 10.6. The Hall–Kier alpha value is -2.31. The van der Waals surface area contributed by atoms with E-state index in [9.17, 15) is 8.42 Å². The lowest BCUT2D eigenvalue weighted by molar-refractivity contribution is 0.596. The third kappa shape index (κ3) is 4.84. The van der Waals surface area contributed by atoms with Crippen molar-refractivity contribution in [1.29, 1.82) is 0 Å². The molecule has 0 atom stereocenters. The highest BCUT2D eigenvalue weighted by molar-refractivity contribution is 7.91. The minimum atomic E-state index is -3.64. The molecule has 0 aromatic heterocycles. The number of hydrogen-bond donors (Lipinski definition) is 6. The molecule has 0 radical (unpaired) electrons. The summed E-state index contributed by atoms with van der Waals surface area (Å²) in [5, 5.41) is 6.06. The lowest BCUT2D eigenvalue weighted by atomic mass is 10.3. The third-order valence-corrected chi connectivity index (χ3v) is 5.33. The van der Waals surface area contributed by atoms with Crippen LogP contribution in [0.3, 0.4) is 0 Å². The molecule has 8 nitrogen and oxygen atoms in total. The predicted octanol–water partition coefficient (Wildman–Crippen LogP) is 0.840. The Bertz CT molecular complexity index is 799. The Morgan fingerprint density at radius 1 is 0.720 bits per heavy atom. The summed E-state index contributed by atoms with van der Waals surface area (Å²) in [6.07, 6.45) is 0. The number of anilines is 2. The van der Waals surface area contributed by atoms with Crippen LogP contribution in [0.2, 0.25) is 0 Å². The average Bonchev–Trinajstić information content (AvgIpc) is 2.62. The number of benzene rings is 2. The van der Waals surface area contributed by atoms with Crippen LogP contribution in [0.4, 0.5) is 11.4 Å². The molecule has 2 aromatic rings. The zero-order chi connectivity index (χ0) is 18.4. The summed E-state index contributed by atoms with van der Waals surface area (Å²) in [7, 11) is -3.64. The first-order chi connectivity index (χ1) is 11.9. The number of hydrogen-bond acceptors (Lipinski definition) is 6. The van der Waals surface area contributed by atoms with Crippen LogP contribution in [0.15, 0.2) is 58.3 Å². The topological polar surface area (TPSA) is 134 Å². The molecular formula is C14H16N6O2S3. The van der Waals surface area contributed by atoms with E-state index in [4.69, 9.17) is 36.1 Å². The Morgan fingerprint density at radius 3 is 1.32 bits per heavy atom. The van der Waals surface area contributed by atoms with Gasteiger partial charge in [-0.1, -0.05) is 0 Å². The van der Waals surface area contributed by atoms with E-state index in [0.29, 0.717) is 11.4 Å². The summed E-state index contributed by atoms with van der Waals surface area (Å²) in [5.41, 5.74) is 5.79. The van der Waals surface area contributed by atoms with E-state index in [-0.39, 0.29) is 20.0 Å². The fourth-order valence-electron chi connectivity index (χ4n) is 1.91. The molecule has 0 heterocycles. The monoisotopic (exact) mass is 396 g/mol. The molecule has 25 heavy (non-hydrogen) atoms. The fourth-order valence-corrected chi connectivity index (χ4v) is 3.40. The fraction of sp³-hybridized carbons (Fsp3) is 0. The van der Waals surface area contributed by atoms with Crippen molar-refractivity contribution < 1.29 is 8.42 Å². The summed E-state index contributed by atoms with van der Waals surface area (Å²) in [6.45, 7) is 0. The van der Waals surface area contributed by atoms with E-state index in [0.717, 1.165) is 0 Å². The molecule has 0 fully saturated rings. The predicted molar refractivity (Wildman–Crippen MR) is 105 cm³/mol. The van der Waals surface area contributed by atoms with Gasteiger partial charge in [-0.3, -0.25) is 0 Å². The van der Waals surface area contributed by atoms with Crippen molar-refractivity contribution in [2.45, 2.75) is 9.79 Å². The number of rotatable bonds is 4. The summed E-state index contributed by atoms with van der Waals surface area (Å²) in [6, 6.07) is 12.3. The number of thiocarbonyl (C=S) groups is 2. The largest absolute Gasteiger partial charge is 0.332 e. The summed E-state index contributed by atoms with van der Waals surface area (Å²) < 4.78 is 25.3. The molecule has 0 unspecified atom stereocenters. The van der Waals surface area contributed by atoms with Crippen LogP contribution in [0, 0.1) is 0 Å². The van der Waals surface area contributed by atoms with E-state index >= 15 is 0 Å². The van der Waals surface area contributed by atoms with Crippen LogP contribution < -0.4 is 33.2 Å². The van der Waals surface area contributed by atoms with Gasteiger partial charge in [0.25, 0.3) is 0 Å². The second-order valence-electron chi connectivity index (χ2n) is 4.75. The SMILES string of the molecule is NNC(=S)Nc1ccc(S(=O)(=O)c2ccc(NC(=S)NN)cc2)cc1. The number of hydrazine groups is 2. The van der Waals surface area contributed by atoms with Gasteiger partial charge in [0.05, 0.1) is 9.79 Å². The second kappa shape index (κ2) is 8.18. The molecule has 0 spiro atoms. The van der Waals surface area contributed by atoms with Gasteiger partial charge in [0.2, 0.25) is 9.84 Å². The quantitative estimate of drug-likeness (QED) is 0.251. The van der Waals surface area contributed by atoms with Gasteiger partial charge >= 0.3 is 0 Å². The van der Waals surface area contributed by atoms with Crippen molar-refractivity contribution in [2.24, 2.45) is 11.7 Å². The molecule has 0 aliphatic heterocycles. The van der Waals surface area contributed by atoms with Crippen molar-refractivity contribution in [1.82, 2.24) is 10.9 Å². The smallest absolute Gasteiger partial charge is 0.206 e. The lowest BCUT2D eigenvalue weighted by Crippen LogP contribution is -2.34. The molecule has 0 saturated heterocycles. The van der Waals surface area contributed by atoms with Crippen LogP contribution in [0.1, 0.15) is 0 Å². The first-order valence-corrected chi connectivity index (χ1v) is 9.17. The van der Waals surface area contributed by atoms with Gasteiger partial charge < -0.3 is 21.5 Å². The minimum Gasteiger partial charge on any atom is -0.332 e. The summed E-state index contributed by atoms with van der Waals surface area (Å²) in [5.74, 6) is 10.3. The van der Waals surface area contributed by atoms with E-state index in [2.05, 4.69) is 21.5 Å². The van der Waals surface area contributed by atoms with E-state index in [1.165, 1.54) is 24.3 Å². The summed E-state index contributed by atoms with van der Waals surface area (Å²) >= 11 is 9.76. The highest BCUT2D eigenvalue weighted by Crippen LogP contribution is 2.23. The molecule has 0 bridgehead atoms. The van der Waals surface area contributed by atoms with Gasteiger partial charge in [0.15, 0.2) is 10.2 Å². The Balaban J connectivity index is 2.20. The molecule has 0 saturated carbocycles. The lowest BCUT2D eigenvalue weighted by Gasteiger charge is -2.10. The average molecular weight is 397 g/mol. The highest BCUT2D eigenvalue weighted by atomic mass is 32.2. The maximum absolute atomic E-state index is 12.7. The highest BCUT2D eigenvalue weighted by Gasteiger charge is 2.17. The molecule has 2 aromatic carbocycles.